The molecule has 1 aliphatic rings. The summed E-state index contributed by atoms with van der Waals surface area (Å²) in [5.41, 5.74) is 1.01. The van der Waals surface area contributed by atoms with Crippen LogP contribution in [-0.2, 0) is 22.6 Å². The summed E-state index contributed by atoms with van der Waals surface area (Å²) in [5, 5.41) is 5.46. The summed E-state index contributed by atoms with van der Waals surface area (Å²) >= 11 is 0. The SMILES string of the molecule is Cc1ccc(C(F)(F)F)cc1COc1cc(NC(=O)c2ccc3c(c2)OCO3)ccc1NCS(C)(=O)=O. The second-order valence-corrected chi connectivity index (χ2v) is 10.5. The number of aryl methyl sites for hydroxylation is 1. The molecule has 4 rings (SSSR count). The van der Waals surface area contributed by atoms with Gasteiger partial charge in [0.15, 0.2) is 21.3 Å². The van der Waals surface area contributed by atoms with Crippen LogP contribution in [0.4, 0.5) is 24.5 Å². The standard InChI is InChI=1S/C25H23F3N2O6S/c1-15-3-5-18(25(26,27)28)9-17(15)12-34-22-11-19(6-7-20(22)29-13-37(2,32)33)30-24(31)16-4-8-21-23(10-16)36-14-35-21/h3-11,29H,12-14H2,1-2H3,(H,30,31). The van der Waals surface area contributed by atoms with E-state index in [1.807, 2.05) is 0 Å². The summed E-state index contributed by atoms with van der Waals surface area (Å²) < 4.78 is 79.1. The molecular weight excluding hydrogens is 513 g/mol. The minimum absolute atomic E-state index is 0.0639. The number of benzene rings is 3. The smallest absolute Gasteiger partial charge is 0.416 e. The predicted octanol–water partition coefficient (Wildman–Crippen LogP) is 4.99. The van der Waals surface area contributed by atoms with Gasteiger partial charge in [0.25, 0.3) is 5.91 Å². The third-order valence-electron chi connectivity index (χ3n) is 5.46. The minimum Gasteiger partial charge on any atom is -0.487 e. The quantitative estimate of drug-likeness (QED) is 0.418. The van der Waals surface area contributed by atoms with Crippen molar-refractivity contribution in [1.82, 2.24) is 0 Å². The molecule has 3 aromatic rings. The summed E-state index contributed by atoms with van der Waals surface area (Å²) in [5.74, 6) is 0.264. The Labute approximate surface area is 211 Å². The molecule has 0 aliphatic carbocycles. The molecule has 0 saturated heterocycles. The first kappa shape index (κ1) is 26.1. The number of nitrogens with one attached hydrogen (secondary N) is 2. The lowest BCUT2D eigenvalue weighted by Gasteiger charge is -2.17. The van der Waals surface area contributed by atoms with Crippen molar-refractivity contribution in [2.75, 3.05) is 29.6 Å². The van der Waals surface area contributed by atoms with Gasteiger partial charge in [0.05, 0.1) is 11.3 Å². The molecule has 0 atom stereocenters. The largest absolute Gasteiger partial charge is 0.487 e. The summed E-state index contributed by atoms with van der Waals surface area (Å²) in [7, 11) is -3.39. The van der Waals surface area contributed by atoms with Crippen LogP contribution in [0.15, 0.2) is 54.6 Å². The molecule has 0 aromatic heterocycles. The number of alkyl halides is 3. The molecule has 1 amide bonds. The van der Waals surface area contributed by atoms with Gasteiger partial charge in [-0.3, -0.25) is 4.79 Å². The van der Waals surface area contributed by atoms with E-state index >= 15 is 0 Å². The second-order valence-electron chi connectivity index (χ2n) is 8.41. The lowest BCUT2D eigenvalue weighted by atomic mass is 10.1. The zero-order chi connectivity index (χ0) is 26.8. The normalized spacial score (nSPS) is 12.8. The van der Waals surface area contributed by atoms with Crippen LogP contribution in [-0.4, -0.2) is 33.3 Å². The van der Waals surface area contributed by atoms with E-state index in [4.69, 9.17) is 14.2 Å². The highest BCUT2D eigenvalue weighted by molar-refractivity contribution is 7.90. The van der Waals surface area contributed by atoms with Crippen molar-refractivity contribution in [3.05, 3.63) is 76.9 Å². The van der Waals surface area contributed by atoms with Crippen molar-refractivity contribution < 1.29 is 40.6 Å². The number of anilines is 2. The highest BCUT2D eigenvalue weighted by atomic mass is 32.2. The van der Waals surface area contributed by atoms with E-state index < -0.39 is 33.4 Å². The second kappa shape index (κ2) is 10.2. The highest BCUT2D eigenvalue weighted by Gasteiger charge is 2.30. The molecule has 0 spiro atoms. The molecule has 8 nitrogen and oxygen atoms in total. The van der Waals surface area contributed by atoms with Gasteiger partial charge in [-0.15, -0.1) is 0 Å². The van der Waals surface area contributed by atoms with Gasteiger partial charge in [0.1, 0.15) is 18.2 Å². The molecule has 0 saturated carbocycles. The van der Waals surface area contributed by atoms with E-state index in [1.165, 1.54) is 30.3 Å². The van der Waals surface area contributed by atoms with Gasteiger partial charge in [-0.1, -0.05) is 6.07 Å². The molecular formula is C25H23F3N2O6S. The molecule has 2 N–H and O–H groups in total. The van der Waals surface area contributed by atoms with Gasteiger partial charge in [-0.2, -0.15) is 13.2 Å². The van der Waals surface area contributed by atoms with Gasteiger partial charge in [-0.25, -0.2) is 8.42 Å². The van der Waals surface area contributed by atoms with Crippen molar-refractivity contribution in [3.8, 4) is 17.2 Å². The number of fused-ring (bicyclic) bond motifs is 1. The maximum absolute atomic E-state index is 13.2. The number of hydrogen-bond donors (Lipinski definition) is 2. The fourth-order valence-corrected chi connectivity index (χ4v) is 3.89. The Morgan fingerprint density at radius 3 is 2.51 bits per heavy atom. The van der Waals surface area contributed by atoms with Gasteiger partial charge in [-0.05, 0) is 60.5 Å². The minimum atomic E-state index is -4.51. The van der Waals surface area contributed by atoms with Crippen molar-refractivity contribution in [2.45, 2.75) is 19.7 Å². The molecule has 3 aromatic carbocycles. The first-order chi connectivity index (χ1) is 17.4. The Morgan fingerprint density at radius 2 is 1.78 bits per heavy atom. The Kier molecular flexibility index (Phi) is 7.21. The van der Waals surface area contributed by atoms with Crippen LogP contribution < -0.4 is 24.8 Å². The maximum Gasteiger partial charge on any atom is 0.416 e. The fraction of sp³-hybridized carbons (Fsp3) is 0.240. The fourth-order valence-electron chi connectivity index (χ4n) is 3.47. The average molecular weight is 537 g/mol. The number of carbonyl (C=O) groups excluding carboxylic acids is 1. The van der Waals surface area contributed by atoms with E-state index in [0.717, 1.165) is 18.4 Å². The van der Waals surface area contributed by atoms with Gasteiger partial charge in [0, 0.05) is 23.6 Å². The zero-order valence-electron chi connectivity index (χ0n) is 19.8. The summed E-state index contributed by atoms with van der Waals surface area (Å²) in [6, 6.07) is 12.6. The summed E-state index contributed by atoms with van der Waals surface area (Å²) in [4.78, 5) is 12.8. The van der Waals surface area contributed by atoms with Gasteiger partial charge >= 0.3 is 6.18 Å². The molecule has 1 heterocycles. The molecule has 1 aliphatic heterocycles. The maximum atomic E-state index is 13.2. The van der Waals surface area contributed by atoms with E-state index in [9.17, 15) is 26.4 Å². The third-order valence-corrected chi connectivity index (χ3v) is 6.13. The average Bonchev–Trinajstić information content (AvgIpc) is 3.29. The van der Waals surface area contributed by atoms with E-state index in [0.29, 0.717) is 33.9 Å². The van der Waals surface area contributed by atoms with Crippen molar-refractivity contribution in [1.29, 1.82) is 0 Å². The van der Waals surface area contributed by atoms with E-state index in [-0.39, 0.29) is 24.8 Å². The van der Waals surface area contributed by atoms with Gasteiger partial charge in [0.2, 0.25) is 6.79 Å². The first-order valence-corrected chi connectivity index (χ1v) is 13.0. The molecule has 12 heteroatoms. The molecule has 196 valence electrons. The Bertz CT molecular complexity index is 1440. The van der Waals surface area contributed by atoms with Crippen LogP contribution in [0.25, 0.3) is 0 Å². The summed E-state index contributed by atoms with van der Waals surface area (Å²) in [6.45, 7) is 1.50. The van der Waals surface area contributed by atoms with Crippen LogP contribution in [0.1, 0.15) is 27.0 Å². The first-order valence-electron chi connectivity index (χ1n) is 11.0. The number of amides is 1. The molecule has 0 fully saturated rings. The van der Waals surface area contributed by atoms with E-state index in [2.05, 4.69) is 10.6 Å². The number of carbonyl (C=O) groups is 1. The summed E-state index contributed by atoms with van der Waals surface area (Å²) in [6.07, 6.45) is -3.46. The van der Waals surface area contributed by atoms with Crippen molar-refractivity contribution in [2.24, 2.45) is 0 Å². The van der Waals surface area contributed by atoms with Crippen LogP contribution in [0.3, 0.4) is 0 Å². The predicted molar refractivity (Wildman–Crippen MR) is 131 cm³/mol. The topological polar surface area (TPSA) is 103 Å². The number of rotatable bonds is 8. The molecule has 0 radical (unpaired) electrons. The monoisotopic (exact) mass is 536 g/mol. The van der Waals surface area contributed by atoms with Crippen LogP contribution in [0.5, 0.6) is 17.2 Å². The lowest BCUT2D eigenvalue weighted by Crippen LogP contribution is -2.14. The third kappa shape index (κ3) is 6.64. The Balaban J connectivity index is 1.57. The number of hydrogen-bond acceptors (Lipinski definition) is 7. The van der Waals surface area contributed by atoms with Crippen LogP contribution in [0.2, 0.25) is 0 Å². The molecule has 37 heavy (non-hydrogen) atoms. The van der Waals surface area contributed by atoms with Crippen LogP contribution in [0, 0.1) is 6.92 Å². The highest BCUT2D eigenvalue weighted by Crippen LogP contribution is 2.34. The number of sulfone groups is 1. The molecule has 0 bridgehead atoms. The zero-order valence-corrected chi connectivity index (χ0v) is 20.6. The Morgan fingerprint density at radius 1 is 1.03 bits per heavy atom. The lowest BCUT2D eigenvalue weighted by molar-refractivity contribution is -0.137. The van der Waals surface area contributed by atoms with Gasteiger partial charge < -0.3 is 24.8 Å². The number of halogens is 3. The number of ether oxygens (including phenoxy) is 3. The molecule has 0 unspecified atom stereocenters. The van der Waals surface area contributed by atoms with E-state index in [1.54, 1.807) is 19.1 Å². The van der Waals surface area contributed by atoms with Crippen molar-refractivity contribution >= 4 is 27.1 Å². The van der Waals surface area contributed by atoms with Crippen LogP contribution >= 0.6 is 0 Å². The Hall–Kier alpha value is -3.93. The van der Waals surface area contributed by atoms with Crippen molar-refractivity contribution in [3.63, 3.8) is 0 Å².